The first-order chi connectivity index (χ1) is 12.4. The van der Waals surface area contributed by atoms with Crippen LogP contribution in [0.2, 0.25) is 0 Å². The average molecular weight is 381 g/mol. The minimum atomic E-state index is -3.08. The summed E-state index contributed by atoms with van der Waals surface area (Å²) in [7, 11) is -1.19. The first-order valence-electron chi connectivity index (χ1n) is 9.22. The van der Waals surface area contributed by atoms with Crippen molar-refractivity contribution < 1.29 is 13.2 Å². The SMILES string of the molecule is CCCN1CCN(C(=O)CN(C)Cc2ccccn2)[C@H]2CS(=O)(=O)C[C@H]21. The quantitative estimate of drug-likeness (QED) is 0.704. The zero-order chi connectivity index (χ0) is 18.7. The summed E-state index contributed by atoms with van der Waals surface area (Å²) in [5.41, 5.74) is 0.914. The number of hydrogen-bond donors (Lipinski definition) is 0. The fraction of sp³-hybridized carbons (Fsp3) is 0.667. The molecule has 2 saturated heterocycles. The molecule has 7 nitrogen and oxygen atoms in total. The molecule has 8 heteroatoms. The van der Waals surface area contributed by atoms with Gasteiger partial charge >= 0.3 is 0 Å². The lowest BCUT2D eigenvalue weighted by atomic mass is 10.0. The number of sulfone groups is 1. The Balaban J connectivity index is 1.65. The number of pyridine rings is 1. The number of hydrogen-bond acceptors (Lipinski definition) is 6. The highest BCUT2D eigenvalue weighted by atomic mass is 32.2. The van der Waals surface area contributed by atoms with Crippen molar-refractivity contribution in [2.24, 2.45) is 0 Å². The van der Waals surface area contributed by atoms with Crippen molar-refractivity contribution in [3.8, 4) is 0 Å². The maximum absolute atomic E-state index is 12.9. The third kappa shape index (κ3) is 4.42. The van der Waals surface area contributed by atoms with Crippen LogP contribution in [0.1, 0.15) is 19.0 Å². The lowest BCUT2D eigenvalue weighted by Crippen LogP contribution is -2.61. The van der Waals surface area contributed by atoms with E-state index in [0.29, 0.717) is 13.1 Å². The van der Waals surface area contributed by atoms with Crippen LogP contribution in [0, 0.1) is 0 Å². The summed E-state index contributed by atoms with van der Waals surface area (Å²) in [6.07, 6.45) is 2.73. The van der Waals surface area contributed by atoms with E-state index in [-0.39, 0.29) is 36.0 Å². The molecule has 1 amide bonds. The van der Waals surface area contributed by atoms with E-state index in [0.717, 1.165) is 25.2 Å². The van der Waals surface area contributed by atoms with Crippen molar-refractivity contribution in [2.75, 3.05) is 44.7 Å². The molecular formula is C18H28N4O3S. The van der Waals surface area contributed by atoms with Gasteiger partial charge < -0.3 is 4.90 Å². The molecule has 26 heavy (non-hydrogen) atoms. The van der Waals surface area contributed by atoms with Crippen LogP contribution in [0.25, 0.3) is 0 Å². The van der Waals surface area contributed by atoms with Crippen molar-refractivity contribution >= 4 is 15.7 Å². The first-order valence-corrected chi connectivity index (χ1v) is 11.0. The Labute approximate surface area is 155 Å². The minimum absolute atomic E-state index is 0.00618. The largest absolute Gasteiger partial charge is 0.335 e. The molecule has 2 aliphatic rings. The van der Waals surface area contributed by atoms with Gasteiger partial charge in [0.1, 0.15) is 0 Å². The van der Waals surface area contributed by atoms with Gasteiger partial charge in [0.25, 0.3) is 0 Å². The maximum Gasteiger partial charge on any atom is 0.237 e. The monoisotopic (exact) mass is 380 g/mol. The van der Waals surface area contributed by atoms with Gasteiger partial charge in [0.2, 0.25) is 5.91 Å². The summed E-state index contributed by atoms with van der Waals surface area (Å²) in [5.74, 6) is 0.269. The second-order valence-electron chi connectivity index (χ2n) is 7.33. The molecule has 1 aromatic heterocycles. The van der Waals surface area contributed by atoms with Crippen LogP contribution in [-0.2, 0) is 21.2 Å². The molecule has 1 aromatic rings. The third-order valence-electron chi connectivity index (χ3n) is 5.19. The number of piperazine rings is 1. The fourth-order valence-electron chi connectivity index (χ4n) is 4.05. The Kier molecular flexibility index (Phi) is 5.94. The van der Waals surface area contributed by atoms with Crippen LogP contribution in [0.5, 0.6) is 0 Å². The molecule has 0 spiro atoms. The summed E-state index contributed by atoms with van der Waals surface area (Å²) in [5, 5.41) is 0. The normalized spacial score (nSPS) is 25.4. The number of carbonyl (C=O) groups is 1. The molecule has 0 saturated carbocycles. The topological polar surface area (TPSA) is 73.8 Å². The van der Waals surface area contributed by atoms with Crippen LogP contribution in [0.15, 0.2) is 24.4 Å². The number of nitrogens with zero attached hydrogens (tertiary/aromatic N) is 4. The Morgan fingerprint density at radius 3 is 2.73 bits per heavy atom. The lowest BCUT2D eigenvalue weighted by Gasteiger charge is -2.44. The summed E-state index contributed by atoms with van der Waals surface area (Å²) >= 11 is 0. The van der Waals surface area contributed by atoms with Crippen molar-refractivity contribution in [1.82, 2.24) is 19.7 Å². The van der Waals surface area contributed by atoms with E-state index in [1.54, 1.807) is 11.1 Å². The van der Waals surface area contributed by atoms with E-state index in [1.165, 1.54) is 0 Å². The van der Waals surface area contributed by atoms with Gasteiger partial charge in [0.05, 0.1) is 29.8 Å². The van der Waals surface area contributed by atoms with Gasteiger partial charge in [-0.25, -0.2) is 8.42 Å². The molecule has 0 N–H and O–H groups in total. The van der Waals surface area contributed by atoms with Gasteiger partial charge in [0.15, 0.2) is 9.84 Å². The molecular weight excluding hydrogens is 352 g/mol. The summed E-state index contributed by atoms with van der Waals surface area (Å²) < 4.78 is 24.4. The van der Waals surface area contributed by atoms with E-state index in [1.807, 2.05) is 30.1 Å². The Morgan fingerprint density at radius 1 is 1.27 bits per heavy atom. The Hall–Kier alpha value is -1.51. The van der Waals surface area contributed by atoms with Crippen LogP contribution in [0.3, 0.4) is 0 Å². The second-order valence-corrected chi connectivity index (χ2v) is 9.48. The molecule has 3 rings (SSSR count). The van der Waals surface area contributed by atoms with Crippen molar-refractivity contribution in [3.05, 3.63) is 30.1 Å². The number of fused-ring (bicyclic) bond motifs is 1. The van der Waals surface area contributed by atoms with Crippen molar-refractivity contribution in [2.45, 2.75) is 32.0 Å². The van der Waals surface area contributed by atoms with Crippen LogP contribution in [-0.4, -0.2) is 90.8 Å². The highest BCUT2D eigenvalue weighted by Gasteiger charge is 2.47. The summed E-state index contributed by atoms with van der Waals surface area (Å²) in [4.78, 5) is 23.1. The van der Waals surface area contributed by atoms with E-state index >= 15 is 0 Å². The van der Waals surface area contributed by atoms with Crippen LogP contribution in [0.4, 0.5) is 0 Å². The number of rotatable bonds is 6. The Morgan fingerprint density at radius 2 is 2.04 bits per heavy atom. The van der Waals surface area contributed by atoms with Gasteiger partial charge in [-0.2, -0.15) is 0 Å². The maximum atomic E-state index is 12.9. The summed E-state index contributed by atoms with van der Waals surface area (Å²) in [6.45, 7) is 5.20. The van der Waals surface area contributed by atoms with Crippen LogP contribution >= 0.6 is 0 Å². The molecule has 3 heterocycles. The molecule has 2 aliphatic heterocycles. The molecule has 2 fully saturated rings. The van der Waals surface area contributed by atoms with Gasteiger partial charge in [-0.15, -0.1) is 0 Å². The van der Waals surface area contributed by atoms with Crippen molar-refractivity contribution in [1.29, 1.82) is 0 Å². The molecule has 2 atom stereocenters. The molecule has 0 aromatic carbocycles. The predicted octanol–water partition coefficient (Wildman–Crippen LogP) is 0.233. The molecule has 0 bridgehead atoms. The zero-order valence-electron chi connectivity index (χ0n) is 15.5. The lowest BCUT2D eigenvalue weighted by molar-refractivity contribution is -0.138. The Bertz CT molecular complexity index is 725. The van der Waals surface area contributed by atoms with Crippen molar-refractivity contribution in [3.63, 3.8) is 0 Å². The van der Waals surface area contributed by atoms with E-state index < -0.39 is 9.84 Å². The van der Waals surface area contributed by atoms with Gasteiger partial charge in [-0.3, -0.25) is 19.6 Å². The van der Waals surface area contributed by atoms with Gasteiger partial charge in [0, 0.05) is 31.9 Å². The van der Waals surface area contributed by atoms with E-state index in [9.17, 15) is 13.2 Å². The van der Waals surface area contributed by atoms with E-state index in [2.05, 4.69) is 16.8 Å². The second kappa shape index (κ2) is 8.02. The third-order valence-corrected chi connectivity index (χ3v) is 6.88. The smallest absolute Gasteiger partial charge is 0.237 e. The standard InChI is InChI=1S/C18H28N4O3S/c1-3-8-21-9-10-22(17-14-26(24,25)13-16(17)21)18(23)12-20(2)11-15-6-4-5-7-19-15/h4-7,16-17H,3,8-14H2,1-2H3/t16-,17+/m1/s1. The number of amides is 1. The van der Waals surface area contributed by atoms with E-state index in [4.69, 9.17) is 0 Å². The van der Waals surface area contributed by atoms with Gasteiger partial charge in [-0.05, 0) is 32.1 Å². The number of likely N-dealkylation sites (N-methyl/N-ethyl adjacent to an activating group) is 1. The number of aromatic nitrogens is 1. The molecule has 0 unspecified atom stereocenters. The molecule has 0 aliphatic carbocycles. The average Bonchev–Trinajstić information content (AvgIpc) is 2.91. The van der Waals surface area contributed by atoms with Crippen LogP contribution < -0.4 is 0 Å². The minimum Gasteiger partial charge on any atom is -0.335 e. The highest BCUT2D eigenvalue weighted by molar-refractivity contribution is 7.91. The number of carbonyl (C=O) groups excluding carboxylic acids is 1. The fourth-order valence-corrected chi connectivity index (χ4v) is 6.06. The molecule has 0 radical (unpaired) electrons. The zero-order valence-corrected chi connectivity index (χ0v) is 16.4. The molecule has 144 valence electrons. The predicted molar refractivity (Wildman–Crippen MR) is 100 cm³/mol. The van der Waals surface area contributed by atoms with Gasteiger partial charge in [-0.1, -0.05) is 13.0 Å². The highest BCUT2D eigenvalue weighted by Crippen LogP contribution is 2.27. The summed E-state index contributed by atoms with van der Waals surface area (Å²) in [6, 6.07) is 5.46. The first kappa shape index (κ1) is 19.3.